The van der Waals surface area contributed by atoms with Gasteiger partial charge in [0, 0.05) is 37.9 Å². The molecule has 6 N–H and O–H groups in total. The highest BCUT2D eigenvalue weighted by Crippen LogP contribution is 2.52. The number of aliphatic carboxylic acids is 1. The molecule has 0 aliphatic carbocycles. The van der Waals surface area contributed by atoms with Crippen LogP contribution in [0.4, 0.5) is 24.5 Å². The van der Waals surface area contributed by atoms with Gasteiger partial charge in [0.2, 0.25) is 33.7 Å². The molecule has 0 spiro atoms. The van der Waals surface area contributed by atoms with E-state index < -0.39 is 81.6 Å². The smallest absolute Gasteiger partial charge is 0.407 e. The first kappa shape index (κ1) is 66.6. The number of ether oxygens (including phenoxy) is 2. The number of unbranched alkanes of at least 4 members (excludes halogenated alkanes) is 7. The number of carboxylic acids is 1. The average Bonchev–Trinajstić information content (AvgIpc) is 1.57. The molecule has 18 nitrogen and oxygen atoms in total. The number of benzene rings is 4. The fraction of sp³-hybridized carbons (Fsp3) is 0.477. The number of sulfonamides is 1. The Morgan fingerprint density at radius 3 is 1.98 bits per heavy atom. The summed E-state index contributed by atoms with van der Waals surface area (Å²) in [4.78, 5) is 71.6. The van der Waals surface area contributed by atoms with Crippen LogP contribution in [-0.4, -0.2) is 125 Å². The number of phenols is 1. The number of alkyl halides is 3. The van der Waals surface area contributed by atoms with E-state index in [9.17, 15) is 55.8 Å². The second-order valence-electron chi connectivity index (χ2n) is 24.0. The van der Waals surface area contributed by atoms with Crippen LogP contribution in [0, 0.1) is 12.3 Å². The lowest BCUT2D eigenvalue weighted by atomic mass is 9.83. The maximum Gasteiger partial charge on any atom is 0.407 e. The van der Waals surface area contributed by atoms with E-state index in [-0.39, 0.29) is 74.5 Å². The molecule has 4 aromatic carbocycles. The van der Waals surface area contributed by atoms with Crippen LogP contribution in [0.3, 0.4) is 0 Å². The molecule has 0 saturated carbocycles. The zero-order valence-corrected chi connectivity index (χ0v) is 51.8. The van der Waals surface area contributed by atoms with Gasteiger partial charge in [-0.3, -0.25) is 28.3 Å². The minimum Gasteiger partial charge on any atom is -0.508 e. The first-order valence-corrected chi connectivity index (χ1v) is 32.4. The van der Waals surface area contributed by atoms with Crippen molar-refractivity contribution in [3.05, 3.63) is 125 Å². The van der Waals surface area contributed by atoms with Crippen molar-refractivity contribution in [1.82, 2.24) is 20.5 Å². The highest BCUT2D eigenvalue weighted by atomic mass is 32.2. The number of aromatic nitrogens is 1. The van der Waals surface area contributed by atoms with Crippen molar-refractivity contribution < 1.29 is 70.4 Å². The summed E-state index contributed by atoms with van der Waals surface area (Å²) in [5, 5.41) is 37.0. The third-order valence-electron chi connectivity index (χ3n) is 16.2. The number of β-amino-alcohol motifs (C(OH)–C–C–N with tert-alkyl or cyclic N) is 1. The van der Waals surface area contributed by atoms with Crippen LogP contribution < -0.4 is 25.0 Å². The molecule has 3 aliphatic heterocycles. The summed E-state index contributed by atoms with van der Waals surface area (Å²) in [5.41, 5.74) is 6.41. The second-order valence-corrected chi connectivity index (χ2v) is 27.0. The van der Waals surface area contributed by atoms with E-state index in [2.05, 4.69) is 20.9 Å². The number of amides is 4. The van der Waals surface area contributed by atoms with Crippen LogP contribution in [0.2, 0.25) is 0 Å². The van der Waals surface area contributed by atoms with Crippen molar-refractivity contribution in [3.63, 3.8) is 0 Å². The highest BCUT2D eigenvalue weighted by Gasteiger charge is 2.55. The Labute approximate surface area is 516 Å². The number of halogens is 3. The van der Waals surface area contributed by atoms with Gasteiger partial charge >= 0.3 is 12.1 Å². The number of carboxylic acid groups (broad SMARTS) is 1. The summed E-state index contributed by atoms with van der Waals surface area (Å²) in [7, 11) is -4.79. The number of hydrogen-bond acceptors (Lipinski definition) is 13. The lowest BCUT2D eigenvalue weighted by Crippen LogP contribution is -2.57. The van der Waals surface area contributed by atoms with E-state index in [1.54, 1.807) is 53.2 Å². The molecular weight excluding hydrogens is 1180 g/mol. The van der Waals surface area contributed by atoms with E-state index in [4.69, 9.17) is 14.6 Å². The number of nitrogens with zero attached hydrogens (tertiary/aromatic N) is 3. The summed E-state index contributed by atoms with van der Waals surface area (Å²) >= 11 is 1.55. The number of aliphatic hydroxyl groups is 1. The van der Waals surface area contributed by atoms with Crippen LogP contribution in [-0.2, 0) is 38.7 Å². The third-order valence-corrected chi connectivity index (χ3v) is 19.3. The zero-order chi connectivity index (χ0) is 63.5. The maximum atomic E-state index is 14.7. The number of carbonyl (C=O) groups excluding carboxylic acids is 4. The van der Waals surface area contributed by atoms with Crippen molar-refractivity contribution >= 4 is 73.5 Å². The fourth-order valence-corrected chi connectivity index (χ4v) is 14.4. The molecule has 4 heterocycles. The number of thiazole rings is 1. The lowest BCUT2D eigenvalue weighted by molar-refractivity contribution is -0.144. The number of phenolic OH excluding ortho intramolecular Hbond substituents is 1. The first-order chi connectivity index (χ1) is 41.8. The summed E-state index contributed by atoms with van der Waals surface area (Å²) in [6, 6.07) is 23.9. The number of likely N-dealkylation sites (tertiary alicyclic amines) is 1. The summed E-state index contributed by atoms with van der Waals surface area (Å²) in [6.45, 7) is 7.71. The molecule has 7 atom stereocenters. The van der Waals surface area contributed by atoms with Gasteiger partial charge in [0.15, 0.2) is 0 Å². The SMILES string of the molecule is Cc1ncsc1-c1ccc([C@@H](C)NC(=O)[C@@H]2C[C@@H](O)CN2C(=O)[C@@H](NC(=O)CCCCCCCOc2ccc(N(CC(F)(F)F)S(=O)(=O)C3C[C@H]4O[C@@H]3C(c3ccc(NC(=O)CCCCCCC(=O)O)cc3)=C4c3ccc(O)cc3)cc2)C(C)(C)C)cc1. The second kappa shape index (κ2) is 29.3. The van der Waals surface area contributed by atoms with Crippen LogP contribution in [0.1, 0.15) is 146 Å². The molecule has 8 rings (SSSR count). The lowest BCUT2D eigenvalue weighted by Gasteiger charge is -2.35. The summed E-state index contributed by atoms with van der Waals surface area (Å²) in [6.07, 6.45) is -1.65. The van der Waals surface area contributed by atoms with E-state index >= 15 is 0 Å². The molecule has 88 heavy (non-hydrogen) atoms. The van der Waals surface area contributed by atoms with Gasteiger partial charge in [0.05, 0.1) is 46.6 Å². The molecule has 2 fully saturated rings. The van der Waals surface area contributed by atoms with Crippen molar-refractivity contribution in [2.24, 2.45) is 5.41 Å². The van der Waals surface area contributed by atoms with Crippen LogP contribution >= 0.6 is 11.3 Å². The largest absolute Gasteiger partial charge is 0.508 e. The minimum atomic E-state index is -4.92. The maximum absolute atomic E-state index is 14.7. The Morgan fingerprint density at radius 1 is 0.773 bits per heavy atom. The van der Waals surface area contributed by atoms with Crippen LogP contribution in [0.15, 0.2) is 103 Å². The van der Waals surface area contributed by atoms with Crippen LogP contribution in [0.25, 0.3) is 21.6 Å². The number of fused-ring (bicyclic) bond motifs is 2. The molecule has 5 aromatic rings. The number of anilines is 2. The topological polar surface area (TPSA) is 254 Å². The quantitative estimate of drug-likeness (QED) is 0.0244. The Balaban J connectivity index is 0.810. The van der Waals surface area contributed by atoms with E-state index in [1.165, 1.54) is 41.3 Å². The van der Waals surface area contributed by atoms with Crippen molar-refractivity contribution in [1.29, 1.82) is 0 Å². The van der Waals surface area contributed by atoms with Gasteiger partial charge in [-0.25, -0.2) is 13.4 Å². The number of aliphatic hydroxyl groups excluding tert-OH is 1. The van der Waals surface area contributed by atoms with Gasteiger partial charge in [-0.2, -0.15) is 13.2 Å². The molecule has 0 radical (unpaired) electrons. The average molecular weight is 1260 g/mol. The van der Waals surface area contributed by atoms with Gasteiger partial charge in [-0.05, 0) is 133 Å². The van der Waals surface area contributed by atoms with E-state index in [0.29, 0.717) is 83.0 Å². The molecule has 2 saturated heterocycles. The van der Waals surface area contributed by atoms with Crippen LogP contribution in [0.5, 0.6) is 11.5 Å². The van der Waals surface area contributed by atoms with Gasteiger partial charge in [0.25, 0.3) is 0 Å². The van der Waals surface area contributed by atoms with Gasteiger partial charge in [-0.15, -0.1) is 11.3 Å². The molecule has 474 valence electrons. The van der Waals surface area contributed by atoms with Gasteiger partial charge in [0.1, 0.15) is 41.5 Å². The predicted molar refractivity (Wildman–Crippen MR) is 331 cm³/mol. The number of nitrogens with one attached hydrogen (secondary N) is 3. The molecule has 3 aliphatic rings. The van der Waals surface area contributed by atoms with Crippen molar-refractivity contribution in [2.45, 2.75) is 172 Å². The predicted octanol–water partition coefficient (Wildman–Crippen LogP) is 11.1. The number of rotatable bonds is 29. The van der Waals surface area contributed by atoms with E-state index in [1.807, 2.05) is 58.9 Å². The Bertz CT molecular complexity index is 3370. The van der Waals surface area contributed by atoms with Gasteiger partial charge < -0.3 is 45.6 Å². The van der Waals surface area contributed by atoms with Crippen molar-refractivity contribution in [3.8, 4) is 21.9 Å². The Hall–Kier alpha value is -7.34. The normalized spacial score (nSPS) is 19.1. The standard InChI is InChI=1S/C65H79F3N6O12S2/c1-40(42-18-20-45(21-19-42)60-41(2)69-39-87-60)70-62(81)51-35-49(76)37-73(51)63(82)61(64(3,4)5)72-55(78)16-11-7-6-10-14-34-85-50-32-28-47(29-33-50)74(38-65(66,67)68)88(83,84)53-36-52-57(43-24-30-48(75)31-25-43)58(59(53)86-52)44-22-26-46(27-23-44)71-54(77)15-12-8-9-13-17-56(79)80/h18-33,39-40,49,51-53,59,61,75-76H,6-17,34-38H2,1-5H3,(H,70,81)(H,71,77)(H,72,78)(H,79,80)/t40-,49-,51+,52-,53?,59+,61-/m1/s1. The number of aryl methyl sites for hydroxylation is 1. The summed E-state index contributed by atoms with van der Waals surface area (Å²) in [5.74, 6) is -1.95. The minimum absolute atomic E-state index is 0.00118. The van der Waals surface area contributed by atoms with Crippen molar-refractivity contribution in [2.75, 3.05) is 29.3 Å². The third kappa shape index (κ3) is 17.3. The molecule has 23 heteroatoms. The Kier molecular flexibility index (Phi) is 22.2. The number of hydrogen-bond donors (Lipinski definition) is 6. The first-order valence-electron chi connectivity index (χ1n) is 30.0. The number of carbonyl (C=O) groups is 5. The monoisotopic (exact) mass is 1260 g/mol. The number of aromatic hydroxyl groups is 1. The molecule has 1 aromatic heterocycles. The highest BCUT2D eigenvalue weighted by molar-refractivity contribution is 7.93. The molecule has 4 amide bonds. The molecule has 1 unspecified atom stereocenters. The van der Waals surface area contributed by atoms with E-state index in [0.717, 1.165) is 34.5 Å². The fourth-order valence-electron chi connectivity index (χ4n) is 11.6. The van der Waals surface area contributed by atoms with Gasteiger partial charge in [-0.1, -0.05) is 101 Å². The molecular formula is C65H79F3N6O12S2. The summed E-state index contributed by atoms with van der Waals surface area (Å²) < 4.78 is 85.2. The molecule has 2 bridgehead atoms. The zero-order valence-electron chi connectivity index (χ0n) is 50.2. The Morgan fingerprint density at radius 2 is 1.36 bits per heavy atom.